The van der Waals surface area contributed by atoms with Gasteiger partial charge in [-0.1, -0.05) is 27.2 Å². The molecule has 4 nitrogen and oxygen atoms in total. The Kier molecular flexibility index (Phi) is 9.98. The number of nitrogens with two attached hydrogens (primary N) is 1. The van der Waals surface area contributed by atoms with Gasteiger partial charge in [-0.15, -0.1) is 0 Å². The molecule has 0 aliphatic carbocycles. The smallest absolute Gasteiger partial charge is 0.220 e. The number of hydrogen-bond acceptors (Lipinski definition) is 3. The van der Waals surface area contributed by atoms with Crippen molar-refractivity contribution in [2.24, 2.45) is 23.5 Å². The van der Waals surface area contributed by atoms with E-state index in [4.69, 9.17) is 10.8 Å². The van der Waals surface area contributed by atoms with Gasteiger partial charge in [0, 0.05) is 19.6 Å². The molecule has 0 fully saturated rings. The summed E-state index contributed by atoms with van der Waals surface area (Å²) in [5, 5.41) is 11.8. The van der Waals surface area contributed by atoms with Crippen molar-refractivity contribution in [2.45, 2.75) is 46.5 Å². The molecule has 0 aliphatic rings. The van der Waals surface area contributed by atoms with Crippen LogP contribution in [0.1, 0.15) is 46.5 Å². The highest BCUT2D eigenvalue weighted by Gasteiger charge is 2.15. The molecule has 108 valence electrons. The number of nitrogens with one attached hydrogen (secondary N) is 1. The molecule has 18 heavy (non-hydrogen) atoms. The summed E-state index contributed by atoms with van der Waals surface area (Å²) in [6, 6.07) is 0. The third-order valence-corrected chi connectivity index (χ3v) is 3.31. The van der Waals surface area contributed by atoms with Crippen molar-refractivity contribution in [1.82, 2.24) is 5.32 Å². The van der Waals surface area contributed by atoms with Crippen LogP contribution >= 0.6 is 0 Å². The Bertz CT molecular complexity index is 220. The van der Waals surface area contributed by atoms with Crippen LogP contribution < -0.4 is 11.1 Å². The maximum Gasteiger partial charge on any atom is 0.220 e. The standard InChI is InChI=1S/C14H30N2O2/c1-4-12(5-6-17)10-16-14(18)8-13(9-15)7-11(2)3/h11-13,17H,4-10,15H2,1-3H3,(H,16,18). The first kappa shape index (κ1) is 17.4. The van der Waals surface area contributed by atoms with Crippen molar-refractivity contribution in [3.63, 3.8) is 0 Å². The Morgan fingerprint density at radius 2 is 2.00 bits per heavy atom. The quantitative estimate of drug-likeness (QED) is 0.556. The topological polar surface area (TPSA) is 75.3 Å². The first-order chi connectivity index (χ1) is 8.53. The molecular formula is C14H30N2O2. The van der Waals surface area contributed by atoms with Gasteiger partial charge in [0.2, 0.25) is 5.91 Å². The molecule has 2 atom stereocenters. The molecule has 0 heterocycles. The van der Waals surface area contributed by atoms with Crippen LogP contribution in [0.15, 0.2) is 0 Å². The third-order valence-electron chi connectivity index (χ3n) is 3.31. The summed E-state index contributed by atoms with van der Waals surface area (Å²) in [4.78, 5) is 11.8. The highest BCUT2D eigenvalue weighted by Crippen LogP contribution is 2.14. The first-order valence-corrected chi connectivity index (χ1v) is 7.11. The van der Waals surface area contributed by atoms with Gasteiger partial charge in [-0.25, -0.2) is 0 Å². The number of hydrogen-bond donors (Lipinski definition) is 3. The van der Waals surface area contributed by atoms with E-state index < -0.39 is 0 Å². The van der Waals surface area contributed by atoms with Crippen LogP contribution in [0.5, 0.6) is 0 Å². The van der Waals surface area contributed by atoms with E-state index in [-0.39, 0.29) is 18.4 Å². The van der Waals surface area contributed by atoms with Gasteiger partial charge in [0.05, 0.1) is 0 Å². The van der Waals surface area contributed by atoms with Crippen LogP contribution in [0.2, 0.25) is 0 Å². The molecule has 0 radical (unpaired) electrons. The van der Waals surface area contributed by atoms with E-state index in [1.807, 2.05) is 0 Å². The lowest BCUT2D eigenvalue weighted by Gasteiger charge is -2.18. The minimum Gasteiger partial charge on any atom is -0.396 e. The van der Waals surface area contributed by atoms with E-state index >= 15 is 0 Å². The van der Waals surface area contributed by atoms with Crippen molar-refractivity contribution in [3.05, 3.63) is 0 Å². The lowest BCUT2D eigenvalue weighted by atomic mass is 9.94. The number of aliphatic hydroxyl groups is 1. The summed E-state index contributed by atoms with van der Waals surface area (Å²) in [7, 11) is 0. The summed E-state index contributed by atoms with van der Waals surface area (Å²) < 4.78 is 0. The second kappa shape index (κ2) is 10.3. The van der Waals surface area contributed by atoms with Crippen molar-refractivity contribution in [3.8, 4) is 0 Å². The van der Waals surface area contributed by atoms with Crippen LogP contribution in [0, 0.1) is 17.8 Å². The Labute approximate surface area is 111 Å². The largest absolute Gasteiger partial charge is 0.396 e. The molecule has 0 aromatic carbocycles. The first-order valence-electron chi connectivity index (χ1n) is 7.11. The maximum absolute atomic E-state index is 11.8. The van der Waals surface area contributed by atoms with Gasteiger partial charge in [0.25, 0.3) is 0 Å². The lowest BCUT2D eigenvalue weighted by molar-refractivity contribution is -0.122. The fourth-order valence-corrected chi connectivity index (χ4v) is 2.16. The average Bonchev–Trinajstić information content (AvgIpc) is 2.32. The number of carbonyl (C=O) groups is 1. The Morgan fingerprint density at radius 3 is 2.44 bits per heavy atom. The van der Waals surface area contributed by atoms with Gasteiger partial charge in [-0.2, -0.15) is 0 Å². The van der Waals surface area contributed by atoms with E-state index in [1.54, 1.807) is 0 Å². The van der Waals surface area contributed by atoms with Crippen LogP contribution in [0.4, 0.5) is 0 Å². The molecular weight excluding hydrogens is 228 g/mol. The zero-order valence-corrected chi connectivity index (χ0v) is 12.1. The molecule has 0 bridgehead atoms. The maximum atomic E-state index is 11.8. The molecule has 0 spiro atoms. The van der Waals surface area contributed by atoms with Crippen LogP contribution in [0.25, 0.3) is 0 Å². The molecule has 0 saturated heterocycles. The average molecular weight is 258 g/mol. The SMILES string of the molecule is CCC(CCO)CNC(=O)CC(CN)CC(C)C. The molecule has 0 aromatic heterocycles. The third kappa shape index (κ3) is 8.48. The molecule has 4 N–H and O–H groups in total. The minimum absolute atomic E-state index is 0.0856. The molecule has 0 rings (SSSR count). The Morgan fingerprint density at radius 1 is 1.33 bits per heavy atom. The van der Waals surface area contributed by atoms with Crippen LogP contribution in [-0.2, 0) is 4.79 Å². The van der Waals surface area contributed by atoms with E-state index in [9.17, 15) is 4.79 Å². The second-order valence-corrected chi connectivity index (χ2v) is 5.53. The highest BCUT2D eigenvalue weighted by atomic mass is 16.3. The number of carbonyl (C=O) groups excluding carboxylic acids is 1. The molecule has 0 aliphatic heterocycles. The van der Waals surface area contributed by atoms with Gasteiger partial charge in [-0.3, -0.25) is 4.79 Å². The van der Waals surface area contributed by atoms with Gasteiger partial charge in [0.15, 0.2) is 0 Å². The van der Waals surface area contributed by atoms with Crippen LogP contribution in [-0.4, -0.2) is 30.7 Å². The zero-order valence-electron chi connectivity index (χ0n) is 12.1. The monoisotopic (exact) mass is 258 g/mol. The normalized spacial score (nSPS) is 14.6. The van der Waals surface area contributed by atoms with Gasteiger partial charge < -0.3 is 16.2 Å². The molecule has 4 heteroatoms. The summed E-state index contributed by atoms with van der Waals surface area (Å²) in [6.45, 7) is 7.79. The Hall–Kier alpha value is -0.610. The zero-order chi connectivity index (χ0) is 14.0. The lowest BCUT2D eigenvalue weighted by Crippen LogP contribution is -2.32. The fraction of sp³-hybridized carbons (Fsp3) is 0.929. The van der Waals surface area contributed by atoms with E-state index in [0.717, 1.165) is 19.3 Å². The van der Waals surface area contributed by atoms with Gasteiger partial charge in [-0.05, 0) is 37.1 Å². The van der Waals surface area contributed by atoms with E-state index in [2.05, 4.69) is 26.1 Å². The van der Waals surface area contributed by atoms with E-state index in [0.29, 0.717) is 31.3 Å². The van der Waals surface area contributed by atoms with Crippen molar-refractivity contribution in [2.75, 3.05) is 19.7 Å². The summed E-state index contributed by atoms with van der Waals surface area (Å²) in [5.74, 6) is 1.31. The van der Waals surface area contributed by atoms with Crippen molar-refractivity contribution in [1.29, 1.82) is 0 Å². The second-order valence-electron chi connectivity index (χ2n) is 5.53. The summed E-state index contributed by atoms with van der Waals surface area (Å²) in [6.07, 6.45) is 3.25. The number of rotatable bonds is 10. The predicted octanol–water partition coefficient (Wildman–Crippen LogP) is 1.52. The molecule has 1 amide bonds. The number of amides is 1. The molecule has 0 saturated carbocycles. The highest BCUT2D eigenvalue weighted by molar-refractivity contribution is 5.76. The Balaban J connectivity index is 3.93. The van der Waals surface area contributed by atoms with E-state index in [1.165, 1.54) is 0 Å². The fourth-order valence-electron chi connectivity index (χ4n) is 2.16. The number of aliphatic hydroxyl groups excluding tert-OH is 1. The molecule has 2 unspecified atom stereocenters. The minimum atomic E-state index is 0.0856. The summed E-state index contributed by atoms with van der Waals surface area (Å²) in [5.41, 5.74) is 5.69. The van der Waals surface area contributed by atoms with Crippen molar-refractivity contribution >= 4 is 5.91 Å². The predicted molar refractivity (Wildman–Crippen MR) is 75.1 cm³/mol. The van der Waals surface area contributed by atoms with Gasteiger partial charge >= 0.3 is 0 Å². The van der Waals surface area contributed by atoms with Crippen LogP contribution in [0.3, 0.4) is 0 Å². The van der Waals surface area contributed by atoms with Gasteiger partial charge in [0.1, 0.15) is 0 Å². The van der Waals surface area contributed by atoms with Crippen molar-refractivity contribution < 1.29 is 9.90 Å². The summed E-state index contributed by atoms with van der Waals surface area (Å²) >= 11 is 0. The molecule has 0 aromatic rings.